The summed E-state index contributed by atoms with van der Waals surface area (Å²) < 4.78 is 41.2. The smallest absolute Gasteiger partial charge is 0.406 e. The molecule has 1 N–H and O–H groups in total. The Morgan fingerprint density at radius 3 is 2.28 bits per heavy atom. The van der Waals surface area contributed by atoms with E-state index in [0.29, 0.717) is 36.7 Å². The molecular formula is C18H17BrF3N3O3S. The summed E-state index contributed by atoms with van der Waals surface area (Å²) in [6.45, 7) is 2.29. The van der Waals surface area contributed by atoms with E-state index in [0.717, 1.165) is 15.9 Å². The van der Waals surface area contributed by atoms with Gasteiger partial charge in [0.1, 0.15) is 5.75 Å². The van der Waals surface area contributed by atoms with E-state index >= 15 is 0 Å². The lowest BCUT2D eigenvalue weighted by molar-refractivity contribution is -0.274. The van der Waals surface area contributed by atoms with Crippen molar-refractivity contribution in [1.29, 1.82) is 0 Å². The summed E-state index contributed by atoms with van der Waals surface area (Å²) in [5.41, 5.74) is 0.376. The van der Waals surface area contributed by atoms with Crippen molar-refractivity contribution in [1.82, 2.24) is 9.80 Å². The second-order valence-corrected chi connectivity index (χ2v) is 8.76. The molecule has 2 aromatic rings. The zero-order valence-electron chi connectivity index (χ0n) is 15.0. The predicted octanol–water partition coefficient (Wildman–Crippen LogP) is 3.81. The summed E-state index contributed by atoms with van der Waals surface area (Å²) in [6.07, 6.45) is -4.76. The minimum Gasteiger partial charge on any atom is -0.406 e. The maximum absolute atomic E-state index is 12.4. The van der Waals surface area contributed by atoms with Gasteiger partial charge in [0.2, 0.25) is 5.91 Å². The standard InChI is InChI=1S/C18H17BrF3N3O3S/c19-15-6-5-14(29-15)17(27)25-9-7-24(8-10-25)11-16(26)23-12-1-3-13(4-2-12)28-18(20,21)22/h1-6H,7-11H2,(H,23,26). The summed E-state index contributed by atoms with van der Waals surface area (Å²) in [5, 5.41) is 2.64. The molecule has 1 aliphatic heterocycles. The van der Waals surface area contributed by atoms with Crippen LogP contribution in [0.15, 0.2) is 40.2 Å². The molecule has 1 aromatic heterocycles. The monoisotopic (exact) mass is 491 g/mol. The maximum atomic E-state index is 12.4. The van der Waals surface area contributed by atoms with E-state index in [9.17, 15) is 22.8 Å². The Balaban J connectivity index is 1.44. The second kappa shape index (κ2) is 9.14. The highest BCUT2D eigenvalue weighted by Gasteiger charge is 2.31. The number of carbonyl (C=O) groups excluding carboxylic acids is 2. The van der Waals surface area contributed by atoms with E-state index in [4.69, 9.17) is 0 Å². The number of rotatable bonds is 5. The Labute approximate surface area is 177 Å². The van der Waals surface area contributed by atoms with Crippen molar-refractivity contribution in [3.05, 3.63) is 45.1 Å². The Kier molecular flexibility index (Phi) is 6.81. The molecule has 3 rings (SSSR count). The largest absolute Gasteiger partial charge is 0.573 e. The number of alkyl halides is 3. The zero-order valence-corrected chi connectivity index (χ0v) is 17.4. The molecule has 1 saturated heterocycles. The first-order valence-electron chi connectivity index (χ1n) is 8.62. The molecule has 0 atom stereocenters. The van der Waals surface area contributed by atoms with Crippen LogP contribution in [-0.4, -0.2) is 60.7 Å². The lowest BCUT2D eigenvalue weighted by Crippen LogP contribution is -2.50. The van der Waals surface area contributed by atoms with Crippen LogP contribution < -0.4 is 10.1 Å². The highest BCUT2D eigenvalue weighted by atomic mass is 79.9. The number of nitrogens with zero attached hydrogens (tertiary/aromatic N) is 2. The fourth-order valence-electron chi connectivity index (χ4n) is 2.84. The first-order chi connectivity index (χ1) is 13.7. The Morgan fingerprint density at radius 1 is 1.07 bits per heavy atom. The van der Waals surface area contributed by atoms with Crippen molar-refractivity contribution in [2.75, 3.05) is 38.0 Å². The van der Waals surface area contributed by atoms with Crippen LogP contribution in [0.3, 0.4) is 0 Å². The molecule has 0 aliphatic carbocycles. The molecule has 156 valence electrons. The number of anilines is 1. The summed E-state index contributed by atoms with van der Waals surface area (Å²) in [6, 6.07) is 8.57. The van der Waals surface area contributed by atoms with E-state index in [-0.39, 0.29) is 24.1 Å². The van der Waals surface area contributed by atoms with Gasteiger partial charge >= 0.3 is 6.36 Å². The average molecular weight is 492 g/mol. The number of nitrogens with one attached hydrogen (secondary N) is 1. The number of halogens is 4. The summed E-state index contributed by atoms with van der Waals surface area (Å²) in [5.74, 6) is -0.656. The lowest BCUT2D eigenvalue weighted by atomic mass is 10.2. The third-order valence-corrected chi connectivity index (χ3v) is 5.79. The van der Waals surface area contributed by atoms with Crippen LogP contribution in [0.5, 0.6) is 5.75 Å². The molecule has 2 amide bonds. The van der Waals surface area contributed by atoms with Crippen LogP contribution in [0, 0.1) is 0 Å². The zero-order chi connectivity index (χ0) is 21.0. The quantitative estimate of drug-likeness (QED) is 0.690. The lowest BCUT2D eigenvalue weighted by Gasteiger charge is -2.34. The summed E-state index contributed by atoms with van der Waals surface area (Å²) in [7, 11) is 0. The normalized spacial score (nSPS) is 15.2. The molecule has 1 aliphatic rings. The number of thiophene rings is 1. The van der Waals surface area contributed by atoms with Crippen LogP contribution in [0.25, 0.3) is 0 Å². The molecule has 2 heterocycles. The molecule has 0 spiro atoms. The van der Waals surface area contributed by atoms with E-state index in [1.807, 2.05) is 11.0 Å². The molecule has 0 bridgehead atoms. The number of ether oxygens (including phenoxy) is 1. The molecule has 1 aromatic carbocycles. The maximum Gasteiger partial charge on any atom is 0.573 e. The SMILES string of the molecule is O=C(CN1CCN(C(=O)c2ccc(Br)s2)CC1)Nc1ccc(OC(F)(F)F)cc1. The Morgan fingerprint density at radius 2 is 1.72 bits per heavy atom. The van der Waals surface area contributed by atoms with Gasteiger partial charge in [-0.05, 0) is 52.3 Å². The number of amides is 2. The van der Waals surface area contributed by atoms with Crippen LogP contribution in [0.1, 0.15) is 9.67 Å². The van der Waals surface area contributed by atoms with Crippen molar-refractivity contribution in [3.63, 3.8) is 0 Å². The van der Waals surface area contributed by atoms with Crippen LogP contribution in [0.2, 0.25) is 0 Å². The van der Waals surface area contributed by atoms with Gasteiger partial charge in [-0.15, -0.1) is 24.5 Å². The first-order valence-corrected chi connectivity index (χ1v) is 10.2. The third kappa shape index (κ3) is 6.44. The molecule has 1 fully saturated rings. The minimum absolute atomic E-state index is 0.0223. The van der Waals surface area contributed by atoms with Crippen molar-refractivity contribution in [2.24, 2.45) is 0 Å². The highest BCUT2D eigenvalue weighted by molar-refractivity contribution is 9.11. The van der Waals surface area contributed by atoms with Gasteiger partial charge in [-0.25, -0.2) is 0 Å². The number of hydrogen-bond donors (Lipinski definition) is 1. The van der Waals surface area contributed by atoms with Gasteiger partial charge in [-0.1, -0.05) is 0 Å². The molecular weight excluding hydrogens is 475 g/mol. The van der Waals surface area contributed by atoms with Gasteiger partial charge in [0.25, 0.3) is 5.91 Å². The van der Waals surface area contributed by atoms with Gasteiger partial charge in [0, 0.05) is 31.9 Å². The van der Waals surface area contributed by atoms with Crippen molar-refractivity contribution in [2.45, 2.75) is 6.36 Å². The number of piperazine rings is 1. The molecule has 0 radical (unpaired) electrons. The van der Waals surface area contributed by atoms with E-state index in [2.05, 4.69) is 26.0 Å². The topological polar surface area (TPSA) is 61.9 Å². The van der Waals surface area contributed by atoms with Crippen LogP contribution >= 0.6 is 27.3 Å². The first kappa shape index (κ1) is 21.6. The van der Waals surface area contributed by atoms with Gasteiger partial charge in [-0.3, -0.25) is 14.5 Å². The molecule has 11 heteroatoms. The molecule has 0 saturated carbocycles. The fourth-order valence-corrected chi connectivity index (χ4v) is 4.19. The Hall–Kier alpha value is -2.11. The summed E-state index contributed by atoms with van der Waals surface area (Å²) in [4.78, 5) is 29.0. The number of hydrogen-bond acceptors (Lipinski definition) is 5. The average Bonchev–Trinajstić information content (AvgIpc) is 3.08. The van der Waals surface area contributed by atoms with Crippen molar-refractivity contribution >= 4 is 44.8 Å². The third-order valence-electron chi connectivity index (χ3n) is 4.18. The predicted molar refractivity (Wildman–Crippen MR) is 106 cm³/mol. The van der Waals surface area contributed by atoms with Crippen LogP contribution in [0.4, 0.5) is 18.9 Å². The van der Waals surface area contributed by atoms with Crippen molar-refractivity contribution < 1.29 is 27.5 Å². The van der Waals surface area contributed by atoms with Gasteiger partial charge in [-0.2, -0.15) is 0 Å². The van der Waals surface area contributed by atoms with Gasteiger partial charge in [0.15, 0.2) is 0 Å². The van der Waals surface area contributed by atoms with Crippen LogP contribution in [-0.2, 0) is 4.79 Å². The van der Waals surface area contributed by atoms with Crippen molar-refractivity contribution in [3.8, 4) is 5.75 Å². The molecule has 0 unspecified atom stereocenters. The van der Waals surface area contributed by atoms with E-state index in [1.54, 1.807) is 11.0 Å². The number of benzene rings is 1. The van der Waals surface area contributed by atoms with Gasteiger partial charge < -0.3 is 15.0 Å². The van der Waals surface area contributed by atoms with E-state index < -0.39 is 6.36 Å². The highest BCUT2D eigenvalue weighted by Crippen LogP contribution is 2.25. The minimum atomic E-state index is -4.76. The van der Waals surface area contributed by atoms with E-state index in [1.165, 1.54) is 23.5 Å². The fraction of sp³-hybridized carbons (Fsp3) is 0.333. The van der Waals surface area contributed by atoms with Gasteiger partial charge in [0.05, 0.1) is 15.2 Å². The Bertz CT molecular complexity index is 865. The number of carbonyl (C=O) groups is 2. The second-order valence-electron chi connectivity index (χ2n) is 6.29. The molecule has 29 heavy (non-hydrogen) atoms. The summed E-state index contributed by atoms with van der Waals surface area (Å²) >= 11 is 4.73. The molecule has 6 nitrogen and oxygen atoms in total.